The van der Waals surface area contributed by atoms with Crippen molar-refractivity contribution in [1.29, 1.82) is 0 Å². The molecule has 1 fully saturated rings. The summed E-state index contributed by atoms with van der Waals surface area (Å²) in [5.74, 6) is 0.991. The van der Waals surface area contributed by atoms with Crippen molar-refractivity contribution in [2.75, 3.05) is 6.54 Å². The maximum Gasteiger partial charge on any atom is 0.119 e. The van der Waals surface area contributed by atoms with Gasteiger partial charge in [-0.05, 0) is 48.8 Å². The van der Waals surface area contributed by atoms with Crippen molar-refractivity contribution in [3.8, 4) is 5.75 Å². The van der Waals surface area contributed by atoms with Crippen molar-refractivity contribution in [1.82, 2.24) is 5.32 Å². The lowest BCUT2D eigenvalue weighted by molar-refractivity contribution is 0.193. The SMILES string of the molecule is CCC(CNC1CC1)Oc1ccc(C(C)(C)CC)cc1. The molecule has 1 aromatic rings. The monoisotopic (exact) mass is 275 g/mol. The van der Waals surface area contributed by atoms with Crippen molar-refractivity contribution in [3.63, 3.8) is 0 Å². The third-order valence-electron chi connectivity index (χ3n) is 4.49. The largest absolute Gasteiger partial charge is 0.489 e. The Hall–Kier alpha value is -1.02. The van der Waals surface area contributed by atoms with Gasteiger partial charge in [-0.3, -0.25) is 0 Å². The van der Waals surface area contributed by atoms with Crippen LogP contribution < -0.4 is 10.1 Å². The van der Waals surface area contributed by atoms with E-state index in [9.17, 15) is 0 Å². The van der Waals surface area contributed by atoms with Gasteiger partial charge in [0.15, 0.2) is 0 Å². The first-order valence-corrected chi connectivity index (χ1v) is 8.05. The molecule has 0 aromatic heterocycles. The second-order valence-corrected chi connectivity index (χ2v) is 6.59. The molecule has 20 heavy (non-hydrogen) atoms. The van der Waals surface area contributed by atoms with E-state index in [4.69, 9.17) is 4.74 Å². The topological polar surface area (TPSA) is 21.3 Å². The molecule has 0 heterocycles. The lowest BCUT2D eigenvalue weighted by atomic mass is 9.82. The molecule has 2 heteroatoms. The molecule has 0 radical (unpaired) electrons. The van der Waals surface area contributed by atoms with Gasteiger partial charge in [0.2, 0.25) is 0 Å². The highest BCUT2D eigenvalue weighted by Crippen LogP contribution is 2.28. The Morgan fingerprint density at radius 3 is 2.35 bits per heavy atom. The second kappa shape index (κ2) is 6.62. The molecule has 1 aromatic carbocycles. The van der Waals surface area contributed by atoms with Crippen LogP contribution in [0.15, 0.2) is 24.3 Å². The first kappa shape index (κ1) is 15.4. The predicted octanol–water partition coefficient (Wildman–Crippen LogP) is 4.28. The minimum Gasteiger partial charge on any atom is -0.489 e. The summed E-state index contributed by atoms with van der Waals surface area (Å²) in [6.07, 6.45) is 5.13. The summed E-state index contributed by atoms with van der Waals surface area (Å²) in [5.41, 5.74) is 1.63. The fourth-order valence-electron chi connectivity index (χ4n) is 2.24. The van der Waals surface area contributed by atoms with Crippen LogP contribution >= 0.6 is 0 Å². The molecule has 1 atom stereocenters. The molecule has 0 saturated heterocycles. The first-order chi connectivity index (χ1) is 9.55. The molecule has 1 N–H and O–H groups in total. The normalized spacial score (nSPS) is 17.0. The molecule has 112 valence electrons. The van der Waals surface area contributed by atoms with Crippen LogP contribution in [-0.4, -0.2) is 18.7 Å². The maximum absolute atomic E-state index is 6.08. The highest BCUT2D eigenvalue weighted by Gasteiger charge is 2.22. The third kappa shape index (κ3) is 4.24. The molecular weight excluding hydrogens is 246 g/mol. The van der Waals surface area contributed by atoms with E-state index >= 15 is 0 Å². The van der Waals surface area contributed by atoms with Gasteiger partial charge in [-0.25, -0.2) is 0 Å². The van der Waals surface area contributed by atoms with Crippen LogP contribution in [0.3, 0.4) is 0 Å². The highest BCUT2D eigenvalue weighted by molar-refractivity contribution is 5.31. The van der Waals surface area contributed by atoms with Gasteiger partial charge >= 0.3 is 0 Å². The molecule has 0 spiro atoms. The van der Waals surface area contributed by atoms with Crippen LogP contribution in [0.2, 0.25) is 0 Å². The fourth-order valence-corrected chi connectivity index (χ4v) is 2.24. The quantitative estimate of drug-likeness (QED) is 0.764. The molecule has 1 aliphatic rings. The molecule has 2 nitrogen and oxygen atoms in total. The molecular formula is C18H29NO. The summed E-state index contributed by atoms with van der Waals surface area (Å²) < 4.78 is 6.08. The van der Waals surface area contributed by atoms with Crippen LogP contribution in [0.5, 0.6) is 5.75 Å². The van der Waals surface area contributed by atoms with Gasteiger partial charge in [-0.1, -0.05) is 39.8 Å². The summed E-state index contributed by atoms with van der Waals surface area (Å²) in [5, 5.41) is 3.55. The Balaban J connectivity index is 1.91. The van der Waals surface area contributed by atoms with Crippen molar-refractivity contribution < 1.29 is 4.74 Å². The van der Waals surface area contributed by atoms with Gasteiger partial charge < -0.3 is 10.1 Å². The van der Waals surface area contributed by atoms with E-state index in [0.29, 0.717) is 0 Å². The predicted molar refractivity (Wildman–Crippen MR) is 85.5 cm³/mol. The molecule has 0 bridgehead atoms. The Kier molecular flexibility index (Phi) is 5.09. The molecule has 0 amide bonds. The van der Waals surface area contributed by atoms with Gasteiger partial charge in [0.1, 0.15) is 11.9 Å². The van der Waals surface area contributed by atoms with Crippen LogP contribution in [-0.2, 0) is 5.41 Å². The van der Waals surface area contributed by atoms with E-state index in [1.54, 1.807) is 0 Å². The first-order valence-electron chi connectivity index (χ1n) is 8.05. The van der Waals surface area contributed by atoms with Gasteiger partial charge in [0.05, 0.1) is 0 Å². The summed E-state index contributed by atoms with van der Waals surface area (Å²) >= 11 is 0. The zero-order valence-electron chi connectivity index (χ0n) is 13.4. The average Bonchev–Trinajstić information content (AvgIpc) is 3.28. The lowest BCUT2D eigenvalue weighted by Crippen LogP contribution is -2.32. The van der Waals surface area contributed by atoms with Crippen molar-refractivity contribution >= 4 is 0 Å². The van der Waals surface area contributed by atoms with Crippen LogP contribution in [0.1, 0.15) is 58.9 Å². The maximum atomic E-state index is 6.08. The molecule has 1 unspecified atom stereocenters. The van der Waals surface area contributed by atoms with E-state index in [0.717, 1.165) is 31.2 Å². The highest BCUT2D eigenvalue weighted by atomic mass is 16.5. The van der Waals surface area contributed by atoms with E-state index in [1.165, 1.54) is 18.4 Å². The minimum absolute atomic E-state index is 0.246. The van der Waals surface area contributed by atoms with E-state index in [-0.39, 0.29) is 11.5 Å². The minimum atomic E-state index is 0.246. The number of hydrogen-bond acceptors (Lipinski definition) is 2. The lowest BCUT2D eigenvalue weighted by Gasteiger charge is -2.24. The van der Waals surface area contributed by atoms with Crippen LogP contribution in [0.4, 0.5) is 0 Å². The summed E-state index contributed by atoms with van der Waals surface area (Å²) in [4.78, 5) is 0. The van der Waals surface area contributed by atoms with Crippen molar-refractivity contribution in [2.24, 2.45) is 0 Å². The summed E-state index contributed by atoms with van der Waals surface area (Å²) in [7, 11) is 0. The number of nitrogens with one attached hydrogen (secondary N) is 1. The number of ether oxygens (including phenoxy) is 1. The average molecular weight is 275 g/mol. The van der Waals surface area contributed by atoms with Gasteiger partial charge in [-0.15, -0.1) is 0 Å². The zero-order valence-corrected chi connectivity index (χ0v) is 13.4. The smallest absolute Gasteiger partial charge is 0.119 e. The van der Waals surface area contributed by atoms with Gasteiger partial charge in [-0.2, -0.15) is 0 Å². The van der Waals surface area contributed by atoms with Gasteiger partial charge in [0, 0.05) is 12.6 Å². The Morgan fingerprint density at radius 2 is 1.85 bits per heavy atom. The molecule has 2 rings (SSSR count). The molecule has 1 saturated carbocycles. The molecule has 1 aliphatic carbocycles. The van der Waals surface area contributed by atoms with Crippen molar-refractivity contribution in [2.45, 2.75) is 70.9 Å². The van der Waals surface area contributed by atoms with Gasteiger partial charge in [0.25, 0.3) is 0 Å². The summed E-state index contributed by atoms with van der Waals surface area (Å²) in [6.45, 7) is 9.97. The number of hydrogen-bond donors (Lipinski definition) is 1. The molecule has 0 aliphatic heterocycles. The third-order valence-corrected chi connectivity index (χ3v) is 4.49. The Bertz CT molecular complexity index is 406. The summed E-state index contributed by atoms with van der Waals surface area (Å²) in [6, 6.07) is 9.40. The number of rotatable bonds is 8. The standard InChI is InChI=1S/C18H29NO/c1-5-16(13-19-15-9-10-15)20-17-11-7-14(8-12-17)18(3,4)6-2/h7-8,11-12,15-16,19H,5-6,9-10,13H2,1-4H3. The van der Waals surface area contributed by atoms with E-state index in [1.807, 2.05) is 0 Å². The van der Waals surface area contributed by atoms with Crippen LogP contribution in [0.25, 0.3) is 0 Å². The van der Waals surface area contributed by atoms with Crippen molar-refractivity contribution in [3.05, 3.63) is 29.8 Å². The number of benzene rings is 1. The zero-order chi connectivity index (χ0) is 14.6. The van der Waals surface area contributed by atoms with Crippen LogP contribution in [0, 0.1) is 0 Å². The van der Waals surface area contributed by atoms with E-state index in [2.05, 4.69) is 57.3 Å². The second-order valence-electron chi connectivity index (χ2n) is 6.59. The Morgan fingerprint density at radius 1 is 1.20 bits per heavy atom. The van der Waals surface area contributed by atoms with E-state index < -0.39 is 0 Å². The fraction of sp³-hybridized carbons (Fsp3) is 0.667. The Labute approximate surface area is 123 Å².